The van der Waals surface area contributed by atoms with Gasteiger partial charge in [-0.3, -0.25) is 9.88 Å². The fourth-order valence-corrected chi connectivity index (χ4v) is 3.29. The molecule has 0 aromatic carbocycles. The summed E-state index contributed by atoms with van der Waals surface area (Å²) in [5, 5.41) is 8.75. The Morgan fingerprint density at radius 1 is 1.28 bits per heavy atom. The smallest absolute Gasteiger partial charge is 0.100 e. The van der Waals surface area contributed by atoms with Crippen molar-refractivity contribution in [2.24, 2.45) is 0 Å². The summed E-state index contributed by atoms with van der Waals surface area (Å²) < 4.78 is 7.99. The quantitative estimate of drug-likeness (QED) is 0.674. The predicted octanol–water partition coefficient (Wildman–Crippen LogP) is 1.37. The van der Waals surface area contributed by atoms with Crippen molar-refractivity contribution in [1.29, 1.82) is 0 Å². The molecule has 1 atom stereocenters. The molecule has 25 heavy (non-hydrogen) atoms. The van der Waals surface area contributed by atoms with Crippen molar-refractivity contribution in [3.63, 3.8) is 0 Å². The largest absolute Gasteiger partial charge is 0.379 e. The molecule has 0 N–H and O–H groups in total. The number of hydrogen-bond acceptors (Lipinski definition) is 6. The molecule has 7 heteroatoms. The first-order chi connectivity index (χ1) is 12.2. The van der Waals surface area contributed by atoms with Crippen LogP contribution in [0.25, 0.3) is 0 Å². The first kappa shape index (κ1) is 18.0. The predicted molar refractivity (Wildman–Crippen MR) is 96.2 cm³/mol. The van der Waals surface area contributed by atoms with Crippen LogP contribution in [0.3, 0.4) is 0 Å². The van der Waals surface area contributed by atoms with Crippen molar-refractivity contribution in [3.05, 3.63) is 41.5 Å². The van der Waals surface area contributed by atoms with Crippen LogP contribution >= 0.6 is 0 Å². The van der Waals surface area contributed by atoms with Crippen LogP contribution < -0.4 is 0 Å². The maximum atomic E-state index is 5.96. The standard InChI is InChI=1S/C18H28N6O/c1-4-24-18-16(14-25-10-9-22(2)3)12-23(13-17(18)20-21-24)11-15-5-7-19-8-6-15/h5-8,16H,4,9-14H2,1-3H3/t16-/m1/s1. The van der Waals surface area contributed by atoms with Crippen LogP contribution in [-0.4, -0.2) is 70.2 Å². The van der Waals surface area contributed by atoms with Gasteiger partial charge >= 0.3 is 0 Å². The lowest BCUT2D eigenvalue weighted by Crippen LogP contribution is -2.36. The summed E-state index contributed by atoms with van der Waals surface area (Å²) in [4.78, 5) is 8.66. The van der Waals surface area contributed by atoms with E-state index in [0.717, 1.165) is 45.0 Å². The lowest BCUT2D eigenvalue weighted by atomic mass is 9.98. The van der Waals surface area contributed by atoms with Gasteiger partial charge in [-0.2, -0.15) is 0 Å². The number of ether oxygens (including phenoxy) is 1. The molecule has 0 saturated heterocycles. The highest BCUT2D eigenvalue weighted by Gasteiger charge is 2.30. The van der Waals surface area contributed by atoms with Gasteiger partial charge in [0.2, 0.25) is 0 Å². The number of hydrogen-bond donors (Lipinski definition) is 0. The molecule has 0 amide bonds. The molecule has 3 heterocycles. The van der Waals surface area contributed by atoms with Gasteiger partial charge in [0, 0.05) is 51.0 Å². The minimum atomic E-state index is 0.308. The van der Waals surface area contributed by atoms with E-state index in [1.165, 1.54) is 11.3 Å². The second-order valence-electron chi connectivity index (χ2n) is 6.84. The highest BCUT2D eigenvalue weighted by atomic mass is 16.5. The van der Waals surface area contributed by atoms with Crippen molar-refractivity contribution in [2.45, 2.75) is 32.5 Å². The fourth-order valence-electron chi connectivity index (χ4n) is 3.29. The van der Waals surface area contributed by atoms with Crippen molar-refractivity contribution < 1.29 is 4.74 Å². The Morgan fingerprint density at radius 2 is 2.08 bits per heavy atom. The highest BCUT2D eigenvalue weighted by molar-refractivity contribution is 5.21. The summed E-state index contributed by atoms with van der Waals surface area (Å²) in [5.74, 6) is 0.308. The maximum Gasteiger partial charge on any atom is 0.100 e. The van der Waals surface area contributed by atoms with Gasteiger partial charge in [0.1, 0.15) is 5.69 Å². The summed E-state index contributed by atoms with van der Waals surface area (Å²) in [7, 11) is 4.13. The zero-order chi connectivity index (χ0) is 17.6. The van der Waals surface area contributed by atoms with Crippen molar-refractivity contribution in [2.75, 3.05) is 40.4 Å². The van der Waals surface area contributed by atoms with Gasteiger partial charge in [-0.05, 0) is 38.7 Å². The molecule has 0 unspecified atom stereocenters. The monoisotopic (exact) mass is 344 g/mol. The summed E-state index contributed by atoms with van der Waals surface area (Å²) in [6, 6.07) is 4.14. The molecule has 0 spiro atoms. The normalized spacial score (nSPS) is 17.8. The molecule has 0 fully saturated rings. The number of pyridine rings is 1. The van der Waals surface area contributed by atoms with Gasteiger partial charge in [-0.1, -0.05) is 5.21 Å². The zero-order valence-corrected chi connectivity index (χ0v) is 15.4. The highest BCUT2D eigenvalue weighted by Crippen LogP contribution is 2.28. The number of likely N-dealkylation sites (N-methyl/N-ethyl adjacent to an activating group) is 1. The second-order valence-corrected chi connectivity index (χ2v) is 6.84. The van der Waals surface area contributed by atoms with E-state index >= 15 is 0 Å². The van der Waals surface area contributed by atoms with Crippen molar-refractivity contribution in [1.82, 2.24) is 29.8 Å². The Hall–Kier alpha value is -1.83. The molecule has 136 valence electrons. The van der Waals surface area contributed by atoms with E-state index < -0.39 is 0 Å². The summed E-state index contributed by atoms with van der Waals surface area (Å²) in [6.45, 7) is 8.05. The van der Waals surface area contributed by atoms with Crippen molar-refractivity contribution in [3.8, 4) is 0 Å². The minimum Gasteiger partial charge on any atom is -0.379 e. The fraction of sp³-hybridized carbons (Fsp3) is 0.611. The molecule has 1 aliphatic rings. The third-order valence-corrected chi connectivity index (χ3v) is 4.54. The molecule has 2 aromatic rings. The Morgan fingerprint density at radius 3 is 2.80 bits per heavy atom. The second kappa shape index (κ2) is 8.51. The molecule has 7 nitrogen and oxygen atoms in total. The van der Waals surface area contributed by atoms with Crippen LogP contribution in [-0.2, 0) is 24.4 Å². The van der Waals surface area contributed by atoms with Crippen LogP contribution in [0.5, 0.6) is 0 Å². The topological polar surface area (TPSA) is 59.3 Å². The molecule has 0 aliphatic carbocycles. The molecular formula is C18H28N6O. The van der Waals surface area contributed by atoms with Crippen LogP contribution in [0.15, 0.2) is 24.5 Å². The first-order valence-electron chi connectivity index (χ1n) is 8.93. The van der Waals surface area contributed by atoms with E-state index in [9.17, 15) is 0 Å². The Kier molecular flexibility index (Phi) is 6.12. The molecule has 2 aromatic heterocycles. The Bertz CT molecular complexity index is 657. The lowest BCUT2D eigenvalue weighted by Gasteiger charge is -2.32. The first-order valence-corrected chi connectivity index (χ1v) is 8.93. The van der Waals surface area contributed by atoms with Gasteiger partial charge < -0.3 is 9.64 Å². The van der Waals surface area contributed by atoms with Gasteiger partial charge in [-0.25, -0.2) is 4.68 Å². The van der Waals surface area contributed by atoms with E-state index in [1.54, 1.807) is 0 Å². The molecule has 3 rings (SSSR count). The molecule has 0 radical (unpaired) electrons. The van der Waals surface area contributed by atoms with E-state index in [-0.39, 0.29) is 0 Å². The summed E-state index contributed by atoms with van der Waals surface area (Å²) >= 11 is 0. The maximum absolute atomic E-state index is 5.96. The summed E-state index contributed by atoms with van der Waals surface area (Å²) in [6.07, 6.45) is 3.69. The van der Waals surface area contributed by atoms with E-state index in [2.05, 4.69) is 58.2 Å². The number of fused-ring (bicyclic) bond motifs is 1. The van der Waals surface area contributed by atoms with E-state index in [4.69, 9.17) is 4.74 Å². The van der Waals surface area contributed by atoms with Gasteiger partial charge in [0.25, 0.3) is 0 Å². The molecule has 0 bridgehead atoms. The van der Waals surface area contributed by atoms with Crippen LogP contribution in [0.4, 0.5) is 0 Å². The van der Waals surface area contributed by atoms with E-state index in [1.807, 2.05) is 17.1 Å². The number of nitrogens with zero attached hydrogens (tertiary/aromatic N) is 6. The van der Waals surface area contributed by atoms with Crippen LogP contribution in [0.2, 0.25) is 0 Å². The molecule has 0 saturated carbocycles. The summed E-state index contributed by atoms with van der Waals surface area (Å²) in [5.41, 5.74) is 3.61. The lowest BCUT2D eigenvalue weighted by molar-refractivity contribution is 0.0832. The molecule has 1 aliphatic heterocycles. The third-order valence-electron chi connectivity index (χ3n) is 4.54. The average molecular weight is 344 g/mol. The average Bonchev–Trinajstić information content (AvgIpc) is 3.02. The van der Waals surface area contributed by atoms with Gasteiger partial charge in [0.15, 0.2) is 0 Å². The van der Waals surface area contributed by atoms with Crippen LogP contribution in [0, 0.1) is 0 Å². The number of aromatic nitrogens is 4. The Balaban J connectivity index is 1.69. The molecular weight excluding hydrogens is 316 g/mol. The zero-order valence-electron chi connectivity index (χ0n) is 15.4. The van der Waals surface area contributed by atoms with E-state index in [0.29, 0.717) is 12.5 Å². The minimum absolute atomic E-state index is 0.308. The van der Waals surface area contributed by atoms with Crippen molar-refractivity contribution >= 4 is 0 Å². The third kappa shape index (κ3) is 4.62. The number of rotatable bonds is 8. The van der Waals surface area contributed by atoms with Gasteiger partial charge in [0.05, 0.1) is 18.9 Å². The van der Waals surface area contributed by atoms with Crippen LogP contribution in [0.1, 0.15) is 29.8 Å². The SMILES string of the molecule is CCn1nnc2c1[C@@H](COCCN(C)C)CN(Cc1ccncc1)C2. The Labute approximate surface area is 149 Å². The van der Waals surface area contributed by atoms with Gasteiger partial charge in [-0.15, -0.1) is 5.10 Å². The number of aryl methyl sites for hydroxylation is 1.